The Bertz CT molecular complexity index is 671. The lowest BCUT2D eigenvalue weighted by molar-refractivity contribution is -0.133. The van der Waals surface area contributed by atoms with Gasteiger partial charge in [-0.1, -0.05) is 48.5 Å². The van der Waals surface area contributed by atoms with Gasteiger partial charge in [0.15, 0.2) is 0 Å². The van der Waals surface area contributed by atoms with Gasteiger partial charge in [-0.25, -0.2) is 0 Å². The van der Waals surface area contributed by atoms with Crippen molar-refractivity contribution in [3.63, 3.8) is 0 Å². The summed E-state index contributed by atoms with van der Waals surface area (Å²) in [6.45, 7) is 4.75. The van der Waals surface area contributed by atoms with Crippen LogP contribution in [0.5, 0.6) is 0 Å². The van der Waals surface area contributed by atoms with Crippen LogP contribution in [0.25, 0.3) is 0 Å². The number of likely N-dealkylation sites (N-methyl/N-ethyl adjacent to an activating group) is 1. The van der Waals surface area contributed by atoms with Crippen LogP contribution in [0.4, 0.5) is 5.69 Å². The Morgan fingerprint density at radius 2 is 1.52 bits per heavy atom. The normalized spacial score (nSPS) is 10.3. The van der Waals surface area contributed by atoms with Crippen molar-refractivity contribution in [2.24, 2.45) is 0 Å². The molecular formula is C21H26N2O2. The summed E-state index contributed by atoms with van der Waals surface area (Å²) in [6.07, 6.45) is 1.74. The third-order valence-corrected chi connectivity index (χ3v) is 4.19. The fourth-order valence-electron chi connectivity index (χ4n) is 2.83. The number of amides is 2. The quantitative estimate of drug-likeness (QED) is 0.739. The zero-order chi connectivity index (χ0) is 18.1. The van der Waals surface area contributed by atoms with Gasteiger partial charge in [-0.15, -0.1) is 0 Å². The van der Waals surface area contributed by atoms with E-state index in [4.69, 9.17) is 0 Å². The second kappa shape index (κ2) is 9.62. The van der Waals surface area contributed by atoms with E-state index < -0.39 is 0 Å². The molecule has 0 aliphatic rings. The van der Waals surface area contributed by atoms with Crippen LogP contribution in [0.1, 0.15) is 25.8 Å². The molecule has 2 rings (SSSR count). The van der Waals surface area contributed by atoms with Crippen LogP contribution in [0.15, 0.2) is 60.7 Å². The van der Waals surface area contributed by atoms with Crippen molar-refractivity contribution in [2.45, 2.75) is 26.7 Å². The second-order valence-electron chi connectivity index (χ2n) is 6.00. The van der Waals surface area contributed by atoms with E-state index in [1.807, 2.05) is 55.5 Å². The first-order valence-corrected chi connectivity index (χ1v) is 8.76. The lowest BCUT2D eigenvalue weighted by Gasteiger charge is -2.26. The minimum atomic E-state index is -0.0643. The summed E-state index contributed by atoms with van der Waals surface area (Å²) in [5.74, 6) is -0.117. The van der Waals surface area contributed by atoms with E-state index in [-0.39, 0.29) is 18.4 Å². The first-order chi connectivity index (χ1) is 12.1. The van der Waals surface area contributed by atoms with E-state index in [2.05, 4.69) is 12.1 Å². The van der Waals surface area contributed by atoms with Crippen LogP contribution >= 0.6 is 0 Å². The molecule has 0 unspecified atom stereocenters. The molecule has 0 saturated carbocycles. The highest BCUT2D eigenvalue weighted by Crippen LogP contribution is 2.13. The van der Waals surface area contributed by atoms with E-state index in [1.165, 1.54) is 12.5 Å². The molecule has 0 heterocycles. The molecule has 0 aromatic heterocycles. The number of carbonyl (C=O) groups excluding carboxylic acids is 2. The zero-order valence-corrected chi connectivity index (χ0v) is 15.0. The standard InChI is InChI=1S/C21H26N2O2/c1-3-23(20-14-8-5-9-15-20)21(25)17-22(18(2)24)16-10-13-19-11-6-4-7-12-19/h4-9,11-12,14-15H,3,10,13,16-17H2,1-2H3. The largest absolute Gasteiger partial charge is 0.334 e. The Hall–Kier alpha value is -2.62. The Morgan fingerprint density at radius 1 is 0.920 bits per heavy atom. The van der Waals surface area contributed by atoms with Gasteiger partial charge in [-0.05, 0) is 37.5 Å². The van der Waals surface area contributed by atoms with E-state index in [0.717, 1.165) is 18.5 Å². The maximum Gasteiger partial charge on any atom is 0.246 e. The molecule has 0 N–H and O–H groups in total. The highest BCUT2D eigenvalue weighted by Gasteiger charge is 2.19. The topological polar surface area (TPSA) is 40.6 Å². The number of para-hydroxylation sites is 1. The SMILES string of the molecule is CCN(C(=O)CN(CCCc1ccccc1)C(C)=O)c1ccccc1. The molecule has 2 aromatic rings. The first-order valence-electron chi connectivity index (χ1n) is 8.76. The maximum absolute atomic E-state index is 12.7. The van der Waals surface area contributed by atoms with Crippen LogP contribution < -0.4 is 4.90 Å². The molecule has 25 heavy (non-hydrogen) atoms. The number of nitrogens with zero attached hydrogens (tertiary/aromatic N) is 2. The molecular weight excluding hydrogens is 312 g/mol. The van der Waals surface area contributed by atoms with Crippen molar-refractivity contribution in [1.29, 1.82) is 0 Å². The number of benzene rings is 2. The minimum Gasteiger partial charge on any atom is -0.334 e. The van der Waals surface area contributed by atoms with Crippen molar-refractivity contribution < 1.29 is 9.59 Å². The predicted octanol–water partition coefficient (Wildman–Crippen LogP) is 3.52. The first kappa shape index (κ1) is 18.7. The summed E-state index contributed by atoms with van der Waals surface area (Å²) in [4.78, 5) is 27.9. The monoisotopic (exact) mass is 338 g/mol. The van der Waals surface area contributed by atoms with E-state index in [1.54, 1.807) is 9.80 Å². The van der Waals surface area contributed by atoms with Crippen molar-refractivity contribution in [1.82, 2.24) is 4.90 Å². The molecule has 0 saturated heterocycles. The number of hydrogen-bond donors (Lipinski definition) is 0. The highest BCUT2D eigenvalue weighted by molar-refractivity contribution is 5.96. The van der Waals surface area contributed by atoms with Crippen molar-refractivity contribution in [2.75, 3.05) is 24.5 Å². The van der Waals surface area contributed by atoms with Gasteiger partial charge in [0.05, 0.1) is 0 Å². The van der Waals surface area contributed by atoms with Crippen LogP contribution in [0.2, 0.25) is 0 Å². The van der Waals surface area contributed by atoms with E-state index >= 15 is 0 Å². The number of hydrogen-bond acceptors (Lipinski definition) is 2. The van der Waals surface area contributed by atoms with Gasteiger partial charge in [0.1, 0.15) is 6.54 Å². The van der Waals surface area contributed by atoms with Gasteiger partial charge in [-0.2, -0.15) is 0 Å². The van der Waals surface area contributed by atoms with Gasteiger partial charge >= 0.3 is 0 Å². The molecule has 0 aliphatic heterocycles. The maximum atomic E-state index is 12.7. The summed E-state index contributed by atoms with van der Waals surface area (Å²) in [7, 11) is 0. The zero-order valence-electron chi connectivity index (χ0n) is 15.0. The number of carbonyl (C=O) groups is 2. The number of anilines is 1. The van der Waals surface area contributed by atoms with Gasteiger partial charge in [0.25, 0.3) is 0 Å². The Balaban J connectivity index is 1.93. The van der Waals surface area contributed by atoms with Gasteiger partial charge in [-0.3, -0.25) is 9.59 Å². The Kier molecular flexibility index (Phi) is 7.20. The Labute approximate surface area is 150 Å². The van der Waals surface area contributed by atoms with Gasteiger partial charge < -0.3 is 9.80 Å². The van der Waals surface area contributed by atoms with Crippen LogP contribution in [-0.4, -0.2) is 36.3 Å². The van der Waals surface area contributed by atoms with Crippen molar-refractivity contribution in [3.05, 3.63) is 66.2 Å². The van der Waals surface area contributed by atoms with Crippen LogP contribution in [-0.2, 0) is 16.0 Å². The molecule has 0 spiro atoms. The van der Waals surface area contributed by atoms with Crippen molar-refractivity contribution in [3.8, 4) is 0 Å². The molecule has 0 aliphatic carbocycles. The fraction of sp³-hybridized carbons (Fsp3) is 0.333. The number of rotatable bonds is 8. The summed E-state index contributed by atoms with van der Waals surface area (Å²) in [5, 5.41) is 0. The third kappa shape index (κ3) is 5.75. The summed E-state index contributed by atoms with van der Waals surface area (Å²) < 4.78 is 0. The van der Waals surface area contributed by atoms with E-state index in [0.29, 0.717) is 13.1 Å². The summed E-state index contributed by atoms with van der Waals surface area (Å²) in [5.41, 5.74) is 2.11. The Morgan fingerprint density at radius 3 is 2.08 bits per heavy atom. The molecule has 2 amide bonds. The number of aryl methyl sites for hydroxylation is 1. The lowest BCUT2D eigenvalue weighted by atomic mass is 10.1. The third-order valence-electron chi connectivity index (χ3n) is 4.19. The predicted molar refractivity (Wildman–Crippen MR) is 101 cm³/mol. The van der Waals surface area contributed by atoms with Gasteiger partial charge in [0.2, 0.25) is 11.8 Å². The molecule has 0 atom stereocenters. The second-order valence-corrected chi connectivity index (χ2v) is 6.00. The smallest absolute Gasteiger partial charge is 0.246 e. The molecule has 4 heteroatoms. The van der Waals surface area contributed by atoms with Crippen LogP contribution in [0.3, 0.4) is 0 Å². The average molecular weight is 338 g/mol. The van der Waals surface area contributed by atoms with Crippen molar-refractivity contribution >= 4 is 17.5 Å². The van der Waals surface area contributed by atoms with Gasteiger partial charge in [0, 0.05) is 25.7 Å². The van der Waals surface area contributed by atoms with Crippen LogP contribution in [0, 0.1) is 0 Å². The highest BCUT2D eigenvalue weighted by atomic mass is 16.2. The molecule has 4 nitrogen and oxygen atoms in total. The fourth-order valence-corrected chi connectivity index (χ4v) is 2.83. The molecule has 132 valence electrons. The molecule has 2 aromatic carbocycles. The molecule has 0 fully saturated rings. The summed E-state index contributed by atoms with van der Waals surface area (Å²) in [6, 6.07) is 19.8. The minimum absolute atomic E-state index is 0.0522. The molecule has 0 radical (unpaired) electrons. The summed E-state index contributed by atoms with van der Waals surface area (Å²) >= 11 is 0. The average Bonchev–Trinajstić information content (AvgIpc) is 2.63. The lowest BCUT2D eigenvalue weighted by Crippen LogP contribution is -2.42. The van der Waals surface area contributed by atoms with E-state index in [9.17, 15) is 9.59 Å². The molecule has 0 bridgehead atoms.